The molecule has 1 aromatic rings. The van der Waals surface area contributed by atoms with Crippen molar-refractivity contribution in [3.05, 3.63) is 29.6 Å². The first-order valence-corrected chi connectivity index (χ1v) is 9.58. The average Bonchev–Trinajstić information content (AvgIpc) is 2.46. The fourth-order valence-electron chi connectivity index (χ4n) is 1.85. The van der Waals surface area contributed by atoms with Crippen LogP contribution >= 0.6 is 11.8 Å². The average molecular weight is 330 g/mol. The van der Waals surface area contributed by atoms with Crippen molar-refractivity contribution in [1.29, 1.82) is 5.26 Å². The summed E-state index contributed by atoms with van der Waals surface area (Å²) in [7, 11) is -3.84. The maximum Gasteiger partial charge on any atom is 0.241 e. The van der Waals surface area contributed by atoms with Crippen molar-refractivity contribution in [3.8, 4) is 6.07 Å². The van der Waals surface area contributed by atoms with Crippen LogP contribution in [0, 0.1) is 17.1 Å². The zero-order chi connectivity index (χ0) is 15.7. The number of thioether (sulfide) groups is 1. The maximum absolute atomic E-state index is 13.4. The molecule has 1 N–H and O–H groups in total. The van der Waals surface area contributed by atoms with Gasteiger partial charge in [0, 0.05) is 6.54 Å². The molecule has 7 heteroatoms. The summed E-state index contributed by atoms with van der Waals surface area (Å²) in [4.78, 5) is -0.299. The van der Waals surface area contributed by atoms with Crippen LogP contribution in [0.15, 0.2) is 23.1 Å². The van der Waals surface area contributed by atoms with E-state index in [0.29, 0.717) is 6.54 Å². The Morgan fingerprint density at radius 1 is 1.29 bits per heavy atom. The van der Waals surface area contributed by atoms with Crippen LogP contribution in [0.3, 0.4) is 0 Å². The van der Waals surface area contributed by atoms with Gasteiger partial charge in [0.05, 0.1) is 0 Å². The third-order valence-electron chi connectivity index (χ3n) is 2.94. The maximum atomic E-state index is 13.4. The zero-order valence-corrected chi connectivity index (χ0v) is 13.6. The monoisotopic (exact) mass is 330 g/mol. The van der Waals surface area contributed by atoms with Gasteiger partial charge in [0.1, 0.15) is 22.3 Å². The number of unbranched alkanes of at least 4 members (excludes halogenated alkanes) is 3. The first-order valence-electron chi connectivity index (χ1n) is 6.70. The quantitative estimate of drug-likeness (QED) is 0.707. The Kier molecular flexibility index (Phi) is 7.72. The van der Waals surface area contributed by atoms with Gasteiger partial charge in [-0.3, -0.25) is 0 Å². The predicted octanol–water partition coefficient (Wildman–Crippen LogP) is 2.90. The van der Waals surface area contributed by atoms with Crippen molar-refractivity contribution in [2.45, 2.75) is 30.6 Å². The van der Waals surface area contributed by atoms with E-state index >= 15 is 0 Å². The van der Waals surface area contributed by atoms with Crippen molar-refractivity contribution in [3.63, 3.8) is 0 Å². The molecule has 0 atom stereocenters. The highest BCUT2D eigenvalue weighted by atomic mass is 32.2. The molecule has 0 aliphatic heterocycles. The summed E-state index contributed by atoms with van der Waals surface area (Å²) in [5.41, 5.74) is -0.440. The van der Waals surface area contributed by atoms with Gasteiger partial charge >= 0.3 is 0 Å². The molecular weight excluding hydrogens is 311 g/mol. The van der Waals surface area contributed by atoms with Gasteiger partial charge in [-0.1, -0.05) is 18.9 Å². The summed E-state index contributed by atoms with van der Waals surface area (Å²) in [6.07, 6.45) is 5.91. The van der Waals surface area contributed by atoms with Gasteiger partial charge in [0.25, 0.3) is 0 Å². The Morgan fingerprint density at radius 3 is 2.67 bits per heavy atom. The van der Waals surface area contributed by atoms with Crippen LogP contribution in [0.1, 0.15) is 31.2 Å². The Balaban J connectivity index is 2.55. The number of hydrogen-bond acceptors (Lipinski definition) is 4. The minimum atomic E-state index is -3.84. The van der Waals surface area contributed by atoms with Crippen LogP contribution in [-0.2, 0) is 10.0 Å². The zero-order valence-electron chi connectivity index (χ0n) is 11.9. The van der Waals surface area contributed by atoms with Gasteiger partial charge in [0.15, 0.2) is 0 Å². The van der Waals surface area contributed by atoms with Gasteiger partial charge in [-0.15, -0.1) is 0 Å². The molecule has 0 saturated carbocycles. The lowest BCUT2D eigenvalue weighted by Crippen LogP contribution is -2.25. The smallest absolute Gasteiger partial charge is 0.211 e. The second-order valence-electron chi connectivity index (χ2n) is 4.53. The molecule has 0 saturated heterocycles. The van der Waals surface area contributed by atoms with Crippen molar-refractivity contribution in [2.75, 3.05) is 18.6 Å². The fraction of sp³-hybridized carbons (Fsp3) is 0.500. The topological polar surface area (TPSA) is 70.0 Å². The molecular formula is C14H19FN2O2S2. The highest BCUT2D eigenvalue weighted by molar-refractivity contribution is 7.98. The largest absolute Gasteiger partial charge is 0.241 e. The molecule has 0 bridgehead atoms. The second-order valence-corrected chi connectivity index (χ2v) is 7.25. The summed E-state index contributed by atoms with van der Waals surface area (Å²) in [6, 6.07) is 5.19. The van der Waals surface area contributed by atoms with E-state index in [1.807, 2.05) is 0 Å². The number of rotatable bonds is 9. The molecule has 0 aliphatic carbocycles. The minimum absolute atomic E-state index is 0.295. The SMILES string of the molecule is CSCCCCCCNS(=O)(=O)c1cccc(F)c1C#N. The molecule has 116 valence electrons. The molecule has 0 radical (unpaired) electrons. The van der Waals surface area contributed by atoms with E-state index < -0.39 is 21.4 Å². The van der Waals surface area contributed by atoms with E-state index in [-0.39, 0.29) is 4.90 Å². The number of nitriles is 1. The first kappa shape index (κ1) is 18.0. The Labute approximate surface area is 129 Å². The molecule has 0 unspecified atom stereocenters. The lowest BCUT2D eigenvalue weighted by molar-refractivity contribution is 0.569. The number of hydrogen-bond donors (Lipinski definition) is 1. The van der Waals surface area contributed by atoms with Crippen LogP contribution in [0.2, 0.25) is 0 Å². The molecule has 1 rings (SSSR count). The highest BCUT2D eigenvalue weighted by Crippen LogP contribution is 2.17. The molecule has 0 aliphatic rings. The van der Waals surface area contributed by atoms with Crippen LogP contribution < -0.4 is 4.72 Å². The highest BCUT2D eigenvalue weighted by Gasteiger charge is 2.20. The standard InChI is InChI=1S/C14H19FN2O2S2/c1-20-10-5-3-2-4-9-17-21(18,19)14-8-6-7-13(15)12(14)11-16/h6-8,17H,2-5,9-10H2,1H3. The van der Waals surface area contributed by atoms with Crippen LogP contribution in [0.4, 0.5) is 4.39 Å². The summed E-state index contributed by atoms with van der Waals surface area (Å²) in [6.45, 7) is 0.295. The number of sulfonamides is 1. The van der Waals surface area contributed by atoms with Crippen molar-refractivity contribution >= 4 is 21.8 Å². The van der Waals surface area contributed by atoms with Gasteiger partial charge in [-0.2, -0.15) is 17.0 Å². The normalized spacial score (nSPS) is 11.3. The summed E-state index contributed by atoms with van der Waals surface area (Å²) < 4.78 is 40.0. The lowest BCUT2D eigenvalue weighted by atomic mass is 10.2. The van der Waals surface area contributed by atoms with E-state index in [4.69, 9.17) is 5.26 Å². The van der Waals surface area contributed by atoms with E-state index in [1.54, 1.807) is 17.8 Å². The summed E-state index contributed by atoms with van der Waals surface area (Å²) in [5.74, 6) is 0.290. The number of nitrogens with zero attached hydrogens (tertiary/aromatic N) is 1. The summed E-state index contributed by atoms with van der Waals surface area (Å²) >= 11 is 1.79. The predicted molar refractivity (Wildman–Crippen MR) is 83.2 cm³/mol. The Bertz CT molecular complexity index is 597. The van der Waals surface area contributed by atoms with Crippen LogP contribution in [0.5, 0.6) is 0 Å². The molecule has 0 aromatic heterocycles. The first-order chi connectivity index (χ1) is 10.0. The van der Waals surface area contributed by atoms with Crippen molar-refractivity contribution in [2.24, 2.45) is 0 Å². The molecule has 1 aromatic carbocycles. The number of nitrogens with one attached hydrogen (secondary N) is 1. The van der Waals surface area contributed by atoms with Gasteiger partial charge in [-0.05, 0) is 37.0 Å². The van der Waals surface area contributed by atoms with Gasteiger partial charge in [-0.25, -0.2) is 17.5 Å². The van der Waals surface area contributed by atoms with E-state index in [0.717, 1.165) is 37.5 Å². The Morgan fingerprint density at radius 2 is 2.00 bits per heavy atom. The van der Waals surface area contributed by atoms with Crippen molar-refractivity contribution < 1.29 is 12.8 Å². The molecule has 0 spiro atoms. The van der Waals surface area contributed by atoms with Gasteiger partial charge < -0.3 is 0 Å². The fourth-order valence-corrected chi connectivity index (χ4v) is 3.58. The molecule has 0 fully saturated rings. The molecule has 0 heterocycles. The van der Waals surface area contributed by atoms with Crippen molar-refractivity contribution in [1.82, 2.24) is 4.72 Å². The van der Waals surface area contributed by atoms with Gasteiger partial charge in [0.2, 0.25) is 10.0 Å². The minimum Gasteiger partial charge on any atom is -0.211 e. The Hall–Kier alpha value is -1.10. The van der Waals surface area contributed by atoms with E-state index in [2.05, 4.69) is 11.0 Å². The molecule has 21 heavy (non-hydrogen) atoms. The lowest BCUT2D eigenvalue weighted by Gasteiger charge is -2.08. The molecule has 0 amide bonds. The summed E-state index contributed by atoms with van der Waals surface area (Å²) in [5, 5.41) is 8.87. The van der Waals surface area contributed by atoms with Crippen LogP contribution in [0.25, 0.3) is 0 Å². The molecule has 4 nitrogen and oxygen atoms in total. The second kappa shape index (κ2) is 9.03. The number of halogens is 1. The number of benzene rings is 1. The van der Waals surface area contributed by atoms with Crippen LogP contribution in [-0.4, -0.2) is 27.0 Å². The third-order valence-corrected chi connectivity index (χ3v) is 5.14. The van der Waals surface area contributed by atoms with E-state index in [1.165, 1.54) is 12.1 Å². The van der Waals surface area contributed by atoms with E-state index in [9.17, 15) is 12.8 Å². The third kappa shape index (κ3) is 5.65.